The quantitative estimate of drug-likeness (QED) is 0.288. The molecule has 0 radical (unpaired) electrons. The van der Waals surface area contributed by atoms with Gasteiger partial charge in [0.25, 0.3) is 0 Å². The molecule has 2 aromatic carbocycles. The van der Waals surface area contributed by atoms with Gasteiger partial charge in [-0.3, -0.25) is 4.99 Å². The van der Waals surface area contributed by atoms with Gasteiger partial charge in [-0.1, -0.05) is 12.1 Å². The van der Waals surface area contributed by atoms with E-state index in [2.05, 4.69) is 15.6 Å². The minimum Gasteiger partial charge on any atom is -0.457 e. The molecule has 0 bridgehead atoms. The second kappa shape index (κ2) is 11.6. The molecule has 0 saturated heterocycles. The molecule has 0 fully saturated rings. The number of ether oxygens (including phenoxy) is 2. The van der Waals surface area contributed by atoms with Gasteiger partial charge in [-0.15, -0.1) is 24.0 Å². The van der Waals surface area contributed by atoms with Crippen LogP contribution >= 0.6 is 24.0 Å². The van der Waals surface area contributed by atoms with E-state index in [0.717, 1.165) is 11.5 Å². The number of benzene rings is 2. The molecule has 2 N–H and O–H groups in total. The van der Waals surface area contributed by atoms with Crippen LogP contribution in [0, 0.1) is 5.82 Å². The molecule has 2 rings (SSSR count). The third-order valence-electron chi connectivity index (χ3n) is 3.25. The lowest BCUT2D eigenvalue weighted by atomic mass is 10.2. The summed E-state index contributed by atoms with van der Waals surface area (Å²) in [4.78, 5) is 4.14. The first-order chi connectivity index (χ1) is 11.7. The second-order valence-electron chi connectivity index (χ2n) is 5.05. The first kappa shape index (κ1) is 21.2. The largest absolute Gasteiger partial charge is 0.457 e. The maximum absolute atomic E-state index is 12.9. The predicted molar refractivity (Wildman–Crippen MR) is 108 cm³/mol. The molecule has 0 aliphatic carbocycles. The number of methoxy groups -OCH3 is 1. The Morgan fingerprint density at radius 3 is 2.16 bits per heavy atom. The van der Waals surface area contributed by atoms with Gasteiger partial charge in [-0.25, -0.2) is 4.39 Å². The molecule has 0 saturated carbocycles. The molecule has 0 aliphatic rings. The molecule has 0 heterocycles. The molecule has 0 aromatic heterocycles. The number of nitrogens with one attached hydrogen (secondary N) is 2. The van der Waals surface area contributed by atoms with Crippen LogP contribution in [-0.2, 0) is 11.3 Å². The lowest BCUT2D eigenvalue weighted by molar-refractivity contribution is 0.203. The van der Waals surface area contributed by atoms with Crippen LogP contribution in [0.3, 0.4) is 0 Å². The zero-order valence-electron chi connectivity index (χ0n) is 14.3. The fraction of sp³-hybridized carbons (Fsp3) is 0.278. The molecule has 2 aromatic rings. The number of hydrogen-bond donors (Lipinski definition) is 2. The van der Waals surface area contributed by atoms with Gasteiger partial charge in [0.05, 0.1) is 6.61 Å². The van der Waals surface area contributed by atoms with Crippen molar-refractivity contribution >= 4 is 29.9 Å². The van der Waals surface area contributed by atoms with E-state index in [1.54, 1.807) is 26.3 Å². The van der Waals surface area contributed by atoms with Crippen molar-refractivity contribution in [3.8, 4) is 11.5 Å². The Balaban J connectivity index is 0.00000312. The summed E-state index contributed by atoms with van der Waals surface area (Å²) in [6, 6.07) is 13.6. The predicted octanol–water partition coefficient (Wildman–Crippen LogP) is 3.55. The Labute approximate surface area is 164 Å². The first-order valence-electron chi connectivity index (χ1n) is 7.67. The van der Waals surface area contributed by atoms with Gasteiger partial charge in [0.15, 0.2) is 5.96 Å². The van der Waals surface area contributed by atoms with Crippen LogP contribution in [-0.4, -0.2) is 33.3 Å². The second-order valence-corrected chi connectivity index (χ2v) is 5.05. The van der Waals surface area contributed by atoms with Crippen molar-refractivity contribution in [1.82, 2.24) is 10.6 Å². The van der Waals surface area contributed by atoms with Gasteiger partial charge < -0.3 is 20.1 Å². The van der Waals surface area contributed by atoms with Crippen LogP contribution in [0.2, 0.25) is 0 Å². The molecular formula is C18H23FIN3O2. The first-order valence-corrected chi connectivity index (χ1v) is 7.67. The average Bonchev–Trinajstić information content (AvgIpc) is 2.61. The third kappa shape index (κ3) is 7.70. The summed E-state index contributed by atoms with van der Waals surface area (Å²) in [5.41, 5.74) is 1.09. The SMILES string of the molecule is CN=C(NCCOC)NCc1ccc(Oc2ccc(F)cc2)cc1.I. The van der Waals surface area contributed by atoms with Crippen LogP contribution in [0.1, 0.15) is 5.56 Å². The van der Waals surface area contributed by atoms with Crippen molar-refractivity contribution in [2.75, 3.05) is 27.3 Å². The minimum absolute atomic E-state index is 0. The fourth-order valence-electron chi connectivity index (χ4n) is 1.99. The smallest absolute Gasteiger partial charge is 0.191 e. The van der Waals surface area contributed by atoms with Gasteiger partial charge >= 0.3 is 0 Å². The van der Waals surface area contributed by atoms with Crippen molar-refractivity contribution in [2.24, 2.45) is 4.99 Å². The summed E-state index contributed by atoms with van der Waals surface area (Å²) in [7, 11) is 3.38. The average molecular weight is 459 g/mol. The summed E-state index contributed by atoms with van der Waals surface area (Å²) in [5.74, 6) is 1.74. The summed E-state index contributed by atoms with van der Waals surface area (Å²) < 4.78 is 23.5. The number of nitrogens with zero attached hydrogens (tertiary/aromatic N) is 1. The highest BCUT2D eigenvalue weighted by Crippen LogP contribution is 2.21. The number of rotatable bonds is 7. The zero-order valence-corrected chi connectivity index (χ0v) is 16.6. The van der Waals surface area contributed by atoms with E-state index in [1.165, 1.54) is 12.1 Å². The minimum atomic E-state index is -0.281. The van der Waals surface area contributed by atoms with E-state index in [0.29, 0.717) is 31.2 Å². The van der Waals surface area contributed by atoms with E-state index < -0.39 is 0 Å². The molecule has 0 atom stereocenters. The van der Waals surface area contributed by atoms with E-state index in [9.17, 15) is 4.39 Å². The Hall–Kier alpha value is -1.87. The van der Waals surface area contributed by atoms with Crippen molar-refractivity contribution in [3.05, 3.63) is 59.9 Å². The highest BCUT2D eigenvalue weighted by molar-refractivity contribution is 14.0. The topological polar surface area (TPSA) is 54.9 Å². The Morgan fingerprint density at radius 2 is 1.60 bits per heavy atom. The Morgan fingerprint density at radius 1 is 1.00 bits per heavy atom. The van der Waals surface area contributed by atoms with Gasteiger partial charge in [0, 0.05) is 27.2 Å². The van der Waals surface area contributed by atoms with Gasteiger partial charge in [-0.05, 0) is 42.0 Å². The normalized spacial score (nSPS) is 10.8. The van der Waals surface area contributed by atoms with Crippen LogP contribution in [0.15, 0.2) is 53.5 Å². The van der Waals surface area contributed by atoms with E-state index in [1.807, 2.05) is 24.3 Å². The molecule has 136 valence electrons. The molecule has 7 heteroatoms. The summed E-state index contributed by atoms with van der Waals surface area (Å²) in [6.45, 7) is 1.96. The Bertz CT molecular complexity index is 648. The number of aliphatic imine (C=N–C) groups is 1. The molecule has 0 aliphatic heterocycles. The fourth-order valence-corrected chi connectivity index (χ4v) is 1.99. The van der Waals surface area contributed by atoms with Crippen molar-refractivity contribution < 1.29 is 13.9 Å². The van der Waals surface area contributed by atoms with Crippen LogP contribution in [0.4, 0.5) is 4.39 Å². The van der Waals surface area contributed by atoms with Crippen molar-refractivity contribution in [2.45, 2.75) is 6.54 Å². The lowest BCUT2D eigenvalue weighted by Crippen LogP contribution is -2.38. The van der Waals surface area contributed by atoms with E-state index in [-0.39, 0.29) is 29.8 Å². The van der Waals surface area contributed by atoms with Crippen LogP contribution in [0.25, 0.3) is 0 Å². The molecule has 0 spiro atoms. The van der Waals surface area contributed by atoms with Gasteiger partial charge in [0.1, 0.15) is 17.3 Å². The summed E-state index contributed by atoms with van der Waals surface area (Å²) >= 11 is 0. The molecule has 5 nitrogen and oxygen atoms in total. The summed E-state index contributed by atoms with van der Waals surface area (Å²) in [6.07, 6.45) is 0. The Kier molecular flexibility index (Phi) is 9.86. The van der Waals surface area contributed by atoms with Crippen molar-refractivity contribution in [1.29, 1.82) is 0 Å². The maximum atomic E-state index is 12.9. The van der Waals surface area contributed by atoms with E-state index >= 15 is 0 Å². The number of hydrogen-bond acceptors (Lipinski definition) is 3. The number of halogens is 2. The highest BCUT2D eigenvalue weighted by atomic mass is 127. The van der Waals surface area contributed by atoms with E-state index in [4.69, 9.17) is 9.47 Å². The molecule has 0 unspecified atom stereocenters. The van der Waals surface area contributed by atoms with Crippen LogP contribution < -0.4 is 15.4 Å². The van der Waals surface area contributed by atoms with Gasteiger partial charge in [-0.2, -0.15) is 0 Å². The molecule has 0 amide bonds. The molecular weight excluding hydrogens is 436 g/mol. The third-order valence-corrected chi connectivity index (χ3v) is 3.25. The lowest BCUT2D eigenvalue weighted by Gasteiger charge is -2.12. The van der Waals surface area contributed by atoms with Crippen LogP contribution in [0.5, 0.6) is 11.5 Å². The van der Waals surface area contributed by atoms with Gasteiger partial charge in [0.2, 0.25) is 0 Å². The maximum Gasteiger partial charge on any atom is 0.191 e. The monoisotopic (exact) mass is 459 g/mol. The summed E-state index contributed by atoms with van der Waals surface area (Å²) in [5, 5.41) is 6.37. The standard InChI is InChI=1S/C18H22FN3O2.HI/c1-20-18(21-11-12-23-2)22-13-14-3-7-16(8-4-14)24-17-9-5-15(19)6-10-17;/h3-10H,11-13H2,1-2H3,(H2,20,21,22);1H. The number of guanidine groups is 1. The zero-order chi connectivity index (χ0) is 17.2. The van der Waals surface area contributed by atoms with Crippen molar-refractivity contribution in [3.63, 3.8) is 0 Å². The molecule has 25 heavy (non-hydrogen) atoms. The highest BCUT2D eigenvalue weighted by Gasteiger charge is 2.01.